The van der Waals surface area contributed by atoms with Crippen molar-refractivity contribution in [2.75, 3.05) is 6.61 Å². The number of halogens is 3. The molecule has 1 saturated heterocycles. The molecule has 1 unspecified atom stereocenters. The number of aromatic nitrogens is 1. The first kappa shape index (κ1) is 10.7. The maximum Gasteiger partial charge on any atom is 0.418 e. The molecule has 2 heterocycles. The average molecular weight is 232 g/mol. The lowest BCUT2D eigenvalue weighted by molar-refractivity contribution is -0.138. The Morgan fingerprint density at radius 1 is 1.50 bits per heavy atom. The first-order valence-corrected chi connectivity index (χ1v) is 4.44. The number of rotatable bonds is 1. The third-order valence-electron chi connectivity index (χ3n) is 2.15. The molecule has 7 heteroatoms. The van der Waals surface area contributed by atoms with Gasteiger partial charge in [0.15, 0.2) is 0 Å². The van der Waals surface area contributed by atoms with Crippen LogP contribution in [0.1, 0.15) is 17.3 Å². The Morgan fingerprint density at radius 2 is 2.25 bits per heavy atom. The summed E-state index contributed by atoms with van der Waals surface area (Å²) in [5, 5.41) is 2.26. The van der Waals surface area contributed by atoms with Crippen LogP contribution in [0.5, 0.6) is 0 Å². The van der Waals surface area contributed by atoms with Crippen LogP contribution in [0.3, 0.4) is 0 Å². The lowest BCUT2D eigenvalue weighted by Crippen LogP contribution is -2.23. The number of carbonyl (C=O) groups is 1. The molecule has 4 nitrogen and oxygen atoms in total. The van der Waals surface area contributed by atoms with E-state index in [0.29, 0.717) is 0 Å². The molecular formula is C9H7F3N2O2. The highest BCUT2D eigenvalue weighted by Crippen LogP contribution is 2.34. The second kappa shape index (κ2) is 3.66. The van der Waals surface area contributed by atoms with Crippen molar-refractivity contribution in [3.05, 3.63) is 29.6 Å². The van der Waals surface area contributed by atoms with E-state index in [4.69, 9.17) is 0 Å². The quantitative estimate of drug-likeness (QED) is 0.804. The van der Waals surface area contributed by atoms with Gasteiger partial charge in [-0.05, 0) is 12.1 Å². The van der Waals surface area contributed by atoms with Gasteiger partial charge in [0, 0.05) is 6.20 Å². The van der Waals surface area contributed by atoms with E-state index in [0.717, 1.165) is 6.07 Å². The summed E-state index contributed by atoms with van der Waals surface area (Å²) in [5.74, 6) is 0. The van der Waals surface area contributed by atoms with Crippen molar-refractivity contribution in [1.82, 2.24) is 10.3 Å². The summed E-state index contributed by atoms with van der Waals surface area (Å²) in [5.41, 5.74) is -1.08. The molecule has 0 aromatic carbocycles. The molecule has 0 radical (unpaired) electrons. The van der Waals surface area contributed by atoms with Gasteiger partial charge in [0.1, 0.15) is 12.6 Å². The van der Waals surface area contributed by atoms with Crippen molar-refractivity contribution in [3.8, 4) is 0 Å². The van der Waals surface area contributed by atoms with Crippen LogP contribution in [0, 0.1) is 0 Å². The summed E-state index contributed by atoms with van der Waals surface area (Å²) in [6.45, 7) is -0.140. The number of hydrogen-bond donors (Lipinski definition) is 1. The minimum absolute atomic E-state index is 0.140. The zero-order valence-electron chi connectivity index (χ0n) is 7.91. The van der Waals surface area contributed by atoms with Crippen molar-refractivity contribution in [2.24, 2.45) is 0 Å². The molecule has 1 aromatic rings. The van der Waals surface area contributed by atoms with Gasteiger partial charge in [-0.25, -0.2) is 4.79 Å². The number of nitrogens with one attached hydrogen (secondary N) is 1. The third-order valence-corrected chi connectivity index (χ3v) is 2.15. The monoisotopic (exact) mass is 232 g/mol. The number of amides is 1. The highest BCUT2D eigenvalue weighted by atomic mass is 19.4. The molecular weight excluding hydrogens is 225 g/mol. The number of pyridine rings is 1. The molecule has 1 fully saturated rings. The summed E-state index contributed by atoms with van der Waals surface area (Å²) in [4.78, 5) is 14.4. The summed E-state index contributed by atoms with van der Waals surface area (Å²) < 4.78 is 42.3. The molecule has 2 rings (SSSR count). The van der Waals surface area contributed by atoms with Crippen molar-refractivity contribution in [3.63, 3.8) is 0 Å². The van der Waals surface area contributed by atoms with Crippen LogP contribution in [-0.4, -0.2) is 17.7 Å². The lowest BCUT2D eigenvalue weighted by Gasteiger charge is -2.14. The van der Waals surface area contributed by atoms with Crippen LogP contribution in [0.25, 0.3) is 0 Å². The summed E-state index contributed by atoms with van der Waals surface area (Å²) in [6.07, 6.45) is -3.98. The van der Waals surface area contributed by atoms with Gasteiger partial charge in [-0.3, -0.25) is 4.98 Å². The molecule has 1 amide bonds. The number of alkyl halides is 3. The largest absolute Gasteiger partial charge is 0.447 e. The highest BCUT2D eigenvalue weighted by molar-refractivity contribution is 5.70. The smallest absolute Gasteiger partial charge is 0.418 e. The van der Waals surface area contributed by atoms with Crippen LogP contribution in [0.15, 0.2) is 18.3 Å². The minimum Gasteiger partial charge on any atom is -0.447 e. The van der Waals surface area contributed by atoms with Crippen LogP contribution in [0.4, 0.5) is 18.0 Å². The second-order valence-electron chi connectivity index (χ2n) is 3.23. The van der Waals surface area contributed by atoms with Crippen LogP contribution < -0.4 is 5.32 Å². The van der Waals surface area contributed by atoms with Gasteiger partial charge in [0.2, 0.25) is 0 Å². The molecule has 1 aromatic heterocycles. The lowest BCUT2D eigenvalue weighted by atomic mass is 10.1. The predicted octanol–water partition coefficient (Wildman–Crippen LogP) is 1.88. The normalized spacial score (nSPS) is 20.4. The van der Waals surface area contributed by atoms with Gasteiger partial charge in [0.05, 0.1) is 11.3 Å². The van der Waals surface area contributed by atoms with Crippen molar-refractivity contribution < 1.29 is 22.7 Å². The highest BCUT2D eigenvalue weighted by Gasteiger charge is 2.38. The van der Waals surface area contributed by atoms with Gasteiger partial charge < -0.3 is 10.1 Å². The molecule has 0 aliphatic carbocycles. The van der Waals surface area contributed by atoms with Gasteiger partial charge >= 0.3 is 12.3 Å². The fourth-order valence-corrected chi connectivity index (χ4v) is 1.47. The molecule has 0 saturated carbocycles. The van der Waals surface area contributed by atoms with Crippen molar-refractivity contribution in [1.29, 1.82) is 0 Å². The maximum absolute atomic E-state index is 12.6. The Labute approximate surface area is 88.4 Å². The topological polar surface area (TPSA) is 51.2 Å². The summed E-state index contributed by atoms with van der Waals surface area (Å²) >= 11 is 0. The van der Waals surface area contributed by atoms with E-state index in [2.05, 4.69) is 15.0 Å². The summed E-state index contributed by atoms with van der Waals surface area (Å²) in [7, 11) is 0. The van der Waals surface area contributed by atoms with E-state index in [-0.39, 0.29) is 12.3 Å². The molecule has 1 aliphatic heterocycles. The van der Waals surface area contributed by atoms with Crippen LogP contribution >= 0.6 is 0 Å². The van der Waals surface area contributed by atoms with E-state index < -0.39 is 23.9 Å². The number of hydrogen-bond acceptors (Lipinski definition) is 3. The average Bonchev–Trinajstić information content (AvgIpc) is 2.64. The standard InChI is InChI=1S/C9H7F3N2O2/c10-9(11,12)5-2-1-3-13-7(5)6-4-16-8(15)14-6/h1-3,6H,4H2,(H,14,15). The van der Waals surface area contributed by atoms with E-state index in [1.807, 2.05) is 0 Å². The first-order chi connectivity index (χ1) is 7.48. The Balaban J connectivity index is 2.37. The van der Waals surface area contributed by atoms with Gasteiger partial charge in [0.25, 0.3) is 0 Å². The van der Waals surface area contributed by atoms with E-state index >= 15 is 0 Å². The molecule has 0 bridgehead atoms. The number of alkyl carbamates (subject to hydrolysis) is 1. The zero-order valence-corrected chi connectivity index (χ0v) is 7.91. The number of cyclic esters (lactones) is 1. The van der Waals surface area contributed by atoms with Crippen LogP contribution in [0.2, 0.25) is 0 Å². The van der Waals surface area contributed by atoms with Gasteiger partial charge in [-0.1, -0.05) is 0 Å². The van der Waals surface area contributed by atoms with E-state index in [1.165, 1.54) is 12.3 Å². The fraction of sp³-hybridized carbons (Fsp3) is 0.333. The predicted molar refractivity (Wildman–Crippen MR) is 46.5 cm³/mol. The second-order valence-corrected chi connectivity index (χ2v) is 3.23. The molecule has 1 N–H and O–H groups in total. The van der Waals surface area contributed by atoms with E-state index in [9.17, 15) is 18.0 Å². The maximum atomic E-state index is 12.6. The molecule has 16 heavy (non-hydrogen) atoms. The zero-order chi connectivity index (χ0) is 11.8. The number of nitrogens with zero attached hydrogens (tertiary/aromatic N) is 1. The summed E-state index contributed by atoms with van der Waals surface area (Å²) in [6, 6.07) is 1.28. The van der Waals surface area contributed by atoms with Crippen molar-refractivity contribution >= 4 is 6.09 Å². The molecule has 86 valence electrons. The third kappa shape index (κ3) is 1.93. The van der Waals surface area contributed by atoms with Crippen molar-refractivity contribution in [2.45, 2.75) is 12.2 Å². The van der Waals surface area contributed by atoms with E-state index in [1.54, 1.807) is 0 Å². The first-order valence-electron chi connectivity index (χ1n) is 4.44. The molecule has 0 spiro atoms. The fourth-order valence-electron chi connectivity index (χ4n) is 1.47. The Hall–Kier alpha value is -1.79. The Kier molecular flexibility index (Phi) is 2.45. The minimum atomic E-state index is -4.49. The number of ether oxygens (including phenoxy) is 1. The Bertz CT molecular complexity index is 419. The molecule has 1 aliphatic rings. The van der Waals surface area contributed by atoms with Gasteiger partial charge in [-0.2, -0.15) is 13.2 Å². The van der Waals surface area contributed by atoms with Gasteiger partial charge in [-0.15, -0.1) is 0 Å². The number of carbonyl (C=O) groups excluding carboxylic acids is 1. The molecule has 1 atom stereocenters. The SMILES string of the molecule is O=C1NC(c2ncccc2C(F)(F)F)CO1. The van der Waals surface area contributed by atoms with Crippen LogP contribution in [-0.2, 0) is 10.9 Å². The Morgan fingerprint density at radius 3 is 2.81 bits per heavy atom.